The van der Waals surface area contributed by atoms with E-state index in [-0.39, 0.29) is 5.60 Å². The van der Waals surface area contributed by atoms with E-state index in [2.05, 4.69) is 37.1 Å². The Morgan fingerprint density at radius 1 is 1.07 bits per heavy atom. The van der Waals surface area contributed by atoms with Crippen LogP contribution in [0.3, 0.4) is 0 Å². The maximum atomic E-state index is 13.3. The van der Waals surface area contributed by atoms with E-state index in [0.29, 0.717) is 36.6 Å². The van der Waals surface area contributed by atoms with Crippen molar-refractivity contribution in [1.29, 1.82) is 0 Å². The average molecular weight is 627 g/mol. The van der Waals surface area contributed by atoms with E-state index in [4.69, 9.17) is 29.4 Å². The van der Waals surface area contributed by atoms with Crippen molar-refractivity contribution in [2.75, 3.05) is 31.7 Å². The van der Waals surface area contributed by atoms with E-state index in [1.54, 1.807) is 6.08 Å². The summed E-state index contributed by atoms with van der Waals surface area (Å²) in [6.45, 7) is 20.1. The molecule has 46 heavy (non-hydrogen) atoms. The molecule has 244 valence electrons. The molecular formula is C36H46N6O4. The number of piperidine rings is 1. The second-order valence-corrected chi connectivity index (χ2v) is 13.0. The van der Waals surface area contributed by atoms with Gasteiger partial charge in [0.25, 0.3) is 0 Å². The number of rotatable bonds is 12. The SMILES string of the molecule is C=CCCn1ccc(-c2cccc(-c3cc4nc(C)c(C(OC(C)(C)C)C(=O)OC)c(N5CCC(C)(OCC=C)CC5)n4n3)c2)n1. The van der Waals surface area contributed by atoms with Crippen molar-refractivity contribution in [2.45, 2.75) is 77.7 Å². The molecule has 1 unspecified atom stereocenters. The highest BCUT2D eigenvalue weighted by Gasteiger charge is 2.38. The molecule has 1 atom stereocenters. The Hall–Kier alpha value is -4.28. The zero-order chi connectivity index (χ0) is 33.1. The highest BCUT2D eigenvalue weighted by atomic mass is 16.6. The van der Waals surface area contributed by atoms with E-state index in [1.807, 2.05) is 73.4 Å². The molecule has 1 aliphatic heterocycles. The number of aryl methyl sites for hydroxylation is 2. The van der Waals surface area contributed by atoms with E-state index in [0.717, 1.165) is 54.1 Å². The molecule has 1 saturated heterocycles. The molecule has 3 aromatic heterocycles. The zero-order valence-corrected chi connectivity index (χ0v) is 28.0. The Labute approximate surface area is 271 Å². The normalized spacial score (nSPS) is 15.6. The number of hydrogen-bond donors (Lipinski definition) is 0. The molecule has 0 spiro atoms. The van der Waals surface area contributed by atoms with Crippen molar-refractivity contribution >= 4 is 17.4 Å². The highest BCUT2D eigenvalue weighted by molar-refractivity contribution is 5.80. The molecule has 1 fully saturated rings. The van der Waals surface area contributed by atoms with Crippen molar-refractivity contribution < 1.29 is 19.0 Å². The van der Waals surface area contributed by atoms with Gasteiger partial charge in [-0.25, -0.2) is 9.78 Å². The van der Waals surface area contributed by atoms with Crippen molar-refractivity contribution in [3.8, 4) is 22.5 Å². The molecule has 10 nitrogen and oxygen atoms in total. The van der Waals surface area contributed by atoms with Gasteiger partial charge in [0, 0.05) is 48.7 Å². The van der Waals surface area contributed by atoms with Gasteiger partial charge in [0.05, 0.1) is 41.9 Å². The predicted molar refractivity (Wildman–Crippen MR) is 181 cm³/mol. The summed E-state index contributed by atoms with van der Waals surface area (Å²) >= 11 is 0. The summed E-state index contributed by atoms with van der Waals surface area (Å²) in [5.74, 6) is 0.292. The fraction of sp³-hybridized carbons (Fsp3) is 0.444. The molecule has 1 aromatic carbocycles. The minimum atomic E-state index is -0.991. The van der Waals surface area contributed by atoms with Gasteiger partial charge in [-0.2, -0.15) is 14.7 Å². The van der Waals surface area contributed by atoms with Crippen molar-refractivity contribution in [1.82, 2.24) is 24.4 Å². The lowest BCUT2D eigenvalue weighted by atomic mass is 9.92. The third-order valence-electron chi connectivity index (χ3n) is 8.28. The summed E-state index contributed by atoms with van der Waals surface area (Å²) in [5.41, 5.74) is 4.71. The summed E-state index contributed by atoms with van der Waals surface area (Å²) in [6, 6.07) is 12.2. The number of esters is 1. The Kier molecular flexibility index (Phi) is 9.79. The number of allylic oxidation sites excluding steroid dienone is 1. The number of hydrogen-bond acceptors (Lipinski definition) is 8. The van der Waals surface area contributed by atoms with Gasteiger partial charge in [-0.3, -0.25) is 4.68 Å². The molecule has 4 aromatic rings. The number of nitrogens with zero attached hydrogens (tertiary/aromatic N) is 6. The van der Waals surface area contributed by atoms with E-state index in [9.17, 15) is 4.79 Å². The Bertz CT molecular complexity index is 1710. The van der Waals surface area contributed by atoms with Crippen LogP contribution in [0, 0.1) is 6.92 Å². The van der Waals surface area contributed by atoms with Crippen molar-refractivity contribution in [3.63, 3.8) is 0 Å². The standard InChI is InChI=1S/C36H46N6O4/c1-9-11-18-41-19-15-28(38-41)26-13-12-14-27(23-26)29-24-30-37-25(3)31(32(34(43)44-8)46-35(4,5)6)33(42(30)39-29)40-20-16-36(7,17-21-40)45-22-10-2/h9-10,12-15,19,23-24,32H,1-2,11,16-18,20-22H2,3-8H3. The molecule has 1 aliphatic rings. The van der Waals surface area contributed by atoms with Crippen LogP contribution in [-0.2, 0) is 25.5 Å². The largest absolute Gasteiger partial charge is 0.467 e. The molecule has 0 amide bonds. The topological polar surface area (TPSA) is 96.0 Å². The highest BCUT2D eigenvalue weighted by Crippen LogP contribution is 2.39. The van der Waals surface area contributed by atoms with Crippen LogP contribution in [-0.4, -0.2) is 68.4 Å². The first-order chi connectivity index (χ1) is 21.9. The second-order valence-electron chi connectivity index (χ2n) is 13.0. The molecule has 0 N–H and O–H groups in total. The Morgan fingerprint density at radius 2 is 1.78 bits per heavy atom. The van der Waals surface area contributed by atoms with Gasteiger partial charge in [0.15, 0.2) is 11.8 Å². The number of fused-ring (bicyclic) bond motifs is 1. The lowest BCUT2D eigenvalue weighted by molar-refractivity contribution is -0.164. The van der Waals surface area contributed by atoms with Crippen LogP contribution in [0.1, 0.15) is 64.3 Å². The molecule has 4 heterocycles. The first-order valence-corrected chi connectivity index (χ1v) is 15.9. The molecular weight excluding hydrogens is 580 g/mol. The van der Waals surface area contributed by atoms with Gasteiger partial charge in [-0.15, -0.1) is 13.2 Å². The van der Waals surface area contributed by atoms with Crippen LogP contribution < -0.4 is 4.90 Å². The van der Waals surface area contributed by atoms with Gasteiger partial charge >= 0.3 is 5.97 Å². The number of aromatic nitrogens is 5. The smallest absolute Gasteiger partial charge is 0.339 e. The average Bonchev–Trinajstić information content (AvgIpc) is 3.68. The molecule has 10 heteroatoms. The van der Waals surface area contributed by atoms with E-state index < -0.39 is 17.7 Å². The zero-order valence-electron chi connectivity index (χ0n) is 28.0. The lowest BCUT2D eigenvalue weighted by Gasteiger charge is -2.41. The molecule has 0 bridgehead atoms. The monoisotopic (exact) mass is 626 g/mol. The fourth-order valence-corrected chi connectivity index (χ4v) is 5.85. The number of benzene rings is 1. The van der Waals surface area contributed by atoms with Crippen LogP contribution in [0.25, 0.3) is 28.2 Å². The minimum Gasteiger partial charge on any atom is -0.467 e. The quantitative estimate of drug-likeness (QED) is 0.126. The van der Waals surface area contributed by atoms with Crippen molar-refractivity contribution in [3.05, 3.63) is 79.2 Å². The van der Waals surface area contributed by atoms with Gasteiger partial charge < -0.3 is 19.1 Å². The number of anilines is 1. The van der Waals surface area contributed by atoms with Gasteiger partial charge in [0.2, 0.25) is 0 Å². The van der Waals surface area contributed by atoms with Crippen LogP contribution in [0.4, 0.5) is 5.82 Å². The van der Waals surface area contributed by atoms with Gasteiger partial charge in [0.1, 0.15) is 5.82 Å². The van der Waals surface area contributed by atoms with Crippen LogP contribution >= 0.6 is 0 Å². The van der Waals surface area contributed by atoms with Crippen LogP contribution in [0.2, 0.25) is 0 Å². The molecule has 0 saturated carbocycles. The Balaban J connectivity index is 1.61. The van der Waals surface area contributed by atoms with Crippen molar-refractivity contribution in [2.24, 2.45) is 0 Å². The number of carbonyl (C=O) groups excluding carboxylic acids is 1. The number of methoxy groups -OCH3 is 1. The van der Waals surface area contributed by atoms with Gasteiger partial charge in [-0.1, -0.05) is 30.4 Å². The first kappa shape index (κ1) is 33.1. The number of ether oxygens (including phenoxy) is 3. The third-order valence-corrected chi connectivity index (χ3v) is 8.28. The number of carbonyl (C=O) groups is 1. The molecule has 5 rings (SSSR count). The summed E-state index contributed by atoms with van der Waals surface area (Å²) in [6.07, 6.45) is 7.11. The summed E-state index contributed by atoms with van der Waals surface area (Å²) < 4.78 is 21.6. The van der Waals surface area contributed by atoms with Crippen LogP contribution in [0.15, 0.2) is 67.9 Å². The summed E-state index contributed by atoms with van der Waals surface area (Å²) in [7, 11) is 1.38. The predicted octanol–water partition coefficient (Wildman–Crippen LogP) is 6.74. The maximum absolute atomic E-state index is 13.3. The van der Waals surface area contributed by atoms with E-state index in [1.165, 1.54) is 7.11 Å². The summed E-state index contributed by atoms with van der Waals surface area (Å²) in [5, 5.41) is 9.86. The Morgan fingerprint density at radius 3 is 2.43 bits per heavy atom. The minimum absolute atomic E-state index is 0.274. The third kappa shape index (κ3) is 7.24. The molecule has 0 aliphatic carbocycles. The van der Waals surface area contributed by atoms with E-state index >= 15 is 0 Å². The second kappa shape index (κ2) is 13.6. The first-order valence-electron chi connectivity index (χ1n) is 15.9. The molecule has 0 radical (unpaired) electrons. The fourth-order valence-electron chi connectivity index (χ4n) is 5.85. The van der Waals surface area contributed by atoms with Crippen LogP contribution in [0.5, 0.6) is 0 Å². The summed E-state index contributed by atoms with van der Waals surface area (Å²) in [4.78, 5) is 20.5. The van der Waals surface area contributed by atoms with Gasteiger partial charge in [-0.05, 0) is 66.0 Å². The lowest BCUT2D eigenvalue weighted by Crippen LogP contribution is -2.45. The maximum Gasteiger partial charge on any atom is 0.339 e.